The van der Waals surface area contributed by atoms with E-state index in [1.807, 2.05) is 32.0 Å². The average molecular weight is 296 g/mol. The molecule has 0 aliphatic carbocycles. The zero-order chi connectivity index (χ0) is 14.7. The smallest absolute Gasteiger partial charge is 0.128 e. The molecule has 106 valence electrons. The van der Waals surface area contributed by atoms with Crippen LogP contribution in [-0.2, 0) is 6.54 Å². The highest BCUT2D eigenvalue weighted by atomic mass is 35.5. The Bertz CT molecular complexity index is 613. The zero-order valence-corrected chi connectivity index (χ0v) is 12.1. The number of rotatable bonds is 4. The van der Waals surface area contributed by atoms with Gasteiger partial charge in [0.05, 0.1) is 0 Å². The average Bonchev–Trinajstić information content (AvgIpc) is 2.40. The molecular formula is C16H16ClF2N. The fraction of sp³-hybridized carbons (Fsp3) is 0.250. The van der Waals surface area contributed by atoms with Gasteiger partial charge in [0.25, 0.3) is 0 Å². The molecule has 2 rings (SSSR count). The van der Waals surface area contributed by atoms with Gasteiger partial charge in [0.15, 0.2) is 0 Å². The summed E-state index contributed by atoms with van der Waals surface area (Å²) >= 11 is 5.90. The van der Waals surface area contributed by atoms with Gasteiger partial charge in [-0.1, -0.05) is 17.7 Å². The lowest BCUT2D eigenvalue weighted by Gasteiger charge is -2.16. The highest BCUT2D eigenvalue weighted by Gasteiger charge is 2.12. The van der Waals surface area contributed by atoms with Crippen molar-refractivity contribution in [3.8, 4) is 0 Å². The molecule has 1 atom stereocenters. The van der Waals surface area contributed by atoms with E-state index in [1.54, 1.807) is 0 Å². The maximum atomic E-state index is 13.7. The first-order valence-electron chi connectivity index (χ1n) is 6.40. The van der Waals surface area contributed by atoms with Gasteiger partial charge in [0, 0.05) is 23.2 Å². The lowest BCUT2D eigenvalue weighted by molar-refractivity contribution is 0.518. The molecule has 0 amide bonds. The van der Waals surface area contributed by atoms with Crippen molar-refractivity contribution in [2.75, 3.05) is 0 Å². The summed E-state index contributed by atoms with van der Waals surface area (Å²) < 4.78 is 26.8. The molecule has 1 unspecified atom stereocenters. The number of hydrogen-bond donors (Lipinski definition) is 1. The lowest BCUT2D eigenvalue weighted by atomic mass is 10.1. The molecular weight excluding hydrogens is 280 g/mol. The molecule has 0 aromatic heterocycles. The second-order valence-corrected chi connectivity index (χ2v) is 5.28. The Kier molecular flexibility index (Phi) is 4.73. The van der Waals surface area contributed by atoms with Crippen LogP contribution in [0.3, 0.4) is 0 Å². The quantitative estimate of drug-likeness (QED) is 0.856. The van der Waals surface area contributed by atoms with Crippen molar-refractivity contribution in [2.24, 2.45) is 0 Å². The van der Waals surface area contributed by atoms with Gasteiger partial charge in [-0.2, -0.15) is 0 Å². The summed E-state index contributed by atoms with van der Waals surface area (Å²) in [5.41, 5.74) is 2.48. The maximum absolute atomic E-state index is 13.7. The minimum atomic E-state index is -0.433. The van der Waals surface area contributed by atoms with Crippen molar-refractivity contribution in [3.63, 3.8) is 0 Å². The van der Waals surface area contributed by atoms with Gasteiger partial charge in [0.2, 0.25) is 0 Å². The predicted molar refractivity (Wildman–Crippen MR) is 77.8 cm³/mol. The fourth-order valence-corrected chi connectivity index (χ4v) is 2.30. The minimum absolute atomic E-state index is 0.277. The van der Waals surface area contributed by atoms with Crippen LogP contribution in [-0.4, -0.2) is 0 Å². The van der Waals surface area contributed by atoms with Gasteiger partial charge in [-0.15, -0.1) is 0 Å². The molecule has 0 heterocycles. The van der Waals surface area contributed by atoms with E-state index >= 15 is 0 Å². The third kappa shape index (κ3) is 3.56. The van der Waals surface area contributed by atoms with Gasteiger partial charge in [-0.05, 0) is 55.3 Å². The van der Waals surface area contributed by atoms with Crippen LogP contribution in [0.15, 0.2) is 36.4 Å². The normalized spacial score (nSPS) is 12.4. The van der Waals surface area contributed by atoms with Crippen molar-refractivity contribution in [1.82, 2.24) is 5.32 Å². The highest BCUT2D eigenvalue weighted by molar-refractivity contribution is 6.30. The summed E-state index contributed by atoms with van der Waals surface area (Å²) in [6.07, 6.45) is 0. The summed E-state index contributed by atoms with van der Waals surface area (Å²) in [5.74, 6) is -0.836. The van der Waals surface area contributed by atoms with Crippen LogP contribution < -0.4 is 5.32 Å². The van der Waals surface area contributed by atoms with Gasteiger partial charge in [-0.3, -0.25) is 0 Å². The molecule has 2 aromatic rings. The van der Waals surface area contributed by atoms with E-state index in [-0.39, 0.29) is 6.04 Å². The lowest BCUT2D eigenvalue weighted by Crippen LogP contribution is -2.19. The molecule has 2 aromatic carbocycles. The van der Waals surface area contributed by atoms with Crippen LogP contribution in [0.4, 0.5) is 8.78 Å². The van der Waals surface area contributed by atoms with Gasteiger partial charge < -0.3 is 5.32 Å². The standard InChI is InChI=1S/C16H16ClF2N/c1-10-7-13(17)4-3-12(10)9-20-11(2)15-8-14(18)5-6-16(15)19/h3-8,11,20H,9H2,1-2H3. The van der Waals surface area contributed by atoms with E-state index in [1.165, 1.54) is 6.07 Å². The van der Waals surface area contributed by atoms with E-state index in [2.05, 4.69) is 5.32 Å². The Labute approximate surface area is 122 Å². The molecule has 1 N–H and O–H groups in total. The minimum Gasteiger partial charge on any atom is -0.306 e. The number of hydrogen-bond acceptors (Lipinski definition) is 1. The first-order valence-corrected chi connectivity index (χ1v) is 6.78. The Morgan fingerprint density at radius 1 is 1.15 bits per heavy atom. The van der Waals surface area contributed by atoms with Crippen LogP contribution >= 0.6 is 11.6 Å². The summed E-state index contributed by atoms with van der Waals surface area (Å²) in [6, 6.07) is 8.85. The molecule has 0 aliphatic heterocycles. The summed E-state index contributed by atoms with van der Waals surface area (Å²) in [6.45, 7) is 4.35. The van der Waals surface area contributed by atoms with Crippen molar-refractivity contribution in [2.45, 2.75) is 26.4 Å². The van der Waals surface area contributed by atoms with Crippen molar-refractivity contribution in [1.29, 1.82) is 0 Å². The van der Waals surface area contributed by atoms with Crippen molar-refractivity contribution >= 4 is 11.6 Å². The molecule has 0 spiro atoms. The van der Waals surface area contributed by atoms with E-state index in [9.17, 15) is 8.78 Å². The van der Waals surface area contributed by atoms with E-state index < -0.39 is 11.6 Å². The van der Waals surface area contributed by atoms with E-state index in [4.69, 9.17) is 11.6 Å². The van der Waals surface area contributed by atoms with Crippen LogP contribution in [0.5, 0.6) is 0 Å². The third-order valence-corrected chi connectivity index (χ3v) is 3.56. The highest BCUT2D eigenvalue weighted by Crippen LogP contribution is 2.20. The molecule has 0 fully saturated rings. The van der Waals surface area contributed by atoms with Gasteiger partial charge >= 0.3 is 0 Å². The third-order valence-electron chi connectivity index (χ3n) is 3.33. The predicted octanol–water partition coefficient (Wildman–Crippen LogP) is 4.78. The second kappa shape index (κ2) is 6.33. The Hall–Kier alpha value is -1.45. The zero-order valence-electron chi connectivity index (χ0n) is 11.4. The molecule has 0 aliphatic rings. The molecule has 0 saturated heterocycles. The van der Waals surface area contributed by atoms with Crippen LogP contribution in [0.25, 0.3) is 0 Å². The Balaban J connectivity index is 2.08. The van der Waals surface area contributed by atoms with E-state index in [0.29, 0.717) is 17.1 Å². The molecule has 20 heavy (non-hydrogen) atoms. The van der Waals surface area contributed by atoms with Crippen LogP contribution in [0, 0.1) is 18.6 Å². The number of halogens is 3. The van der Waals surface area contributed by atoms with Crippen molar-refractivity contribution in [3.05, 3.63) is 69.7 Å². The summed E-state index contributed by atoms with van der Waals surface area (Å²) in [7, 11) is 0. The van der Waals surface area contributed by atoms with Gasteiger partial charge in [-0.25, -0.2) is 8.78 Å². The molecule has 4 heteroatoms. The molecule has 0 saturated carbocycles. The second-order valence-electron chi connectivity index (χ2n) is 4.84. The Morgan fingerprint density at radius 2 is 1.90 bits per heavy atom. The fourth-order valence-electron chi connectivity index (χ4n) is 2.08. The molecule has 0 radical (unpaired) electrons. The summed E-state index contributed by atoms with van der Waals surface area (Å²) in [4.78, 5) is 0. The number of aryl methyl sites for hydroxylation is 1. The Morgan fingerprint density at radius 3 is 2.60 bits per heavy atom. The first kappa shape index (κ1) is 14.9. The topological polar surface area (TPSA) is 12.0 Å². The van der Waals surface area contributed by atoms with E-state index in [0.717, 1.165) is 23.3 Å². The largest absolute Gasteiger partial charge is 0.306 e. The number of nitrogens with one attached hydrogen (secondary N) is 1. The van der Waals surface area contributed by atoms with Crippen LogP contribution in [0.2, 0.25) is 5.02 Å². The monoisotopic (exact) mass is 295 g/mol. The van der Waals surface area contributed by atoms with Gasteiger partial charge in [0.1, 0.15) is 11.6 Å². The molecule has 1 nitrogen and oxygen atoms in total. The number of benzene rings is 2. The van der Waals surface area contributed by atoms with Crippen LogP contribution in [0.1, 0.15) is 29.7 Å². The summed E-state index contributed by atoms with van der Waals surface area (Å²) in [5, 5.41) is 3.88. The molecule has 0 bridgehead atoms. The maximum Gasteiger partial charge on any atom is 0.128 e. The first-order chi connectivity index (χ1) is 9.47. The van der Waals surface area contributed by atoms with Crippen molar-refractivity contribution < 1.29 is 8.78 Å². The SMILES string of the molecule is Cc1cc(Cl)ccc1CNC(C)c1cc(F)ccc1F.